The van der Waals surface area contributed by atoms with Crippen molar-refractivity contribution in [3.63, 3.8) is 0 Å². The fourth-order valence-electron chi connectivity index (χ4n) is 2.61. The topological polar surface area (TPSA) is 65.5 Å². The van der Waals surface area contributed by atoms with Crippen LogP contribution in [-0.4, -0.2) is 32.0 Å². The van der Waals surface area contributed by atoms with Gasteiger partial charge in [0.25, 0.3) is 5.91 Å². The van der Waals surface area contributed by atoms with Crippen LogP contribution in [0.5, 0.6) is 0 Å². The summed E-state index contributed by atoms with van der Waals surface area (Å²) in [5.41, 5.74) is 1.74. The molecule has 0 heterocycles. The Morgan fingerprint density at radius 1 is 1.32 bits per heavy atom. The third kappa shape index (κ3) is 5.47. The second kappa shape index (κ2) is 9.66. The van der Waals surface area contributed by atoms with Gasteiger partial charge in [0.1, 0.15) is 0 Å². The Labute approximate surface area is 149 Å². The number of hydrogen-bond acceptors (Lipinski definition) is 2. The summed E-state index contributed by atoms with van der Waals surface area (Å²) < 4.78 is 0. The Hall–Kier alpha value is -1.31. The second-order valence-electron chi connectivity index (χ2n) is 5.33. The van der Waals surface area contributed by atoms with Crippen molar-refractivity contribution in [3.8, 4) is 0 Å². The van der Waals surface area contributed by atoms with Crippen molar-refractivity contribution >= 4 is 35.8 Å². The van der Waals surface area contributed by atoms with Gasteiger partial charge in [-0.3, -0.25) is 9.79 Å². The van der Waals surface area contributed by atoms with Crippen LogP contribution in [0, 0.1) is 0 Å². The van der Waals surface area contributed by atoms with Gasteiger partial charge in [-0.25, -0.2) is 0 Å². The molecule has 0 spiro atoms. The standard InChI is InChI=1S/C16H24N4O.HI/c1-17-15(21)13-7-5-6-12(10-13)11-19-16(18-2)20-14-8-3-4-9-14;/h5-7,10,14H,3-4,8-9,11H2,1-2H3,(H,17,21)(H2,18,19,20);1H. The molecule has 1 aliphatic carbocycles. The lowest BCUT2D eigenvalue weighted by atomic mass is 10.1. The predicted molar refractivity (Wildman–Crippen MR) is 101 cm³/mol. The Morgan fingerprint density at radius 2 is 2.05 bits per heavy atom. The van der Waals surface area contributed by atoms with Gasteiger partial charge in [-0.05, 0) is 30.5 Å². The molecule has 1 aromatic rings. The molecule has 1 saturated carbocycles. The molecular formula is C16H25IN4O. The maximum absolute atomic E-state index is 11.6. The van der Waals surface area contributed by atoms with Crippen LogP contribution in [-0.2, 0) is 6.54 Å². The van der Waals surface area contributed by atoms with E-state index in [4.69, 9.17) is 0 Å². The molecule has 0 aliphatic heterocycles. The number of halogens is 1. The van der Waals surface area contributed by atoms with Crippen molar-refractivity contribution in [2.24, 2.45) is 4.99 Å². The molecule has 1 aliphatic rings. The van der Waals surface area contributed by atoms with E-state index < -0.39 is 0 Å². The summed E-state index contributed by atoms with van der Waals surface area (Å²) >= 11 is 0. The van der Waals surface area contributed by atoms with Gasteiger partial charge in [-0.2, -0.15) is 0 Å². The SMILES string of the molecule is CN=C(NCc1cccc(C(=O)NC)c1)NC1CCCC1.I. The summed E-state index contributed by atoms with van der Waals surface area (Å²) in [6, 6.07) is 8.15. The van der Waals surface area contributed by atoms with Crippen molar-refractivity contribution in [1.82, 2.24) is 16.0 Å². The Balaban J connectivity index is 0.00000242. The van der Waals surface area contributed by atoms with Crippen LogP contribution < -0.4 is 16.0 Å². The zero-order valence-electron chi connectivity index (χ0n) is 13.2. The number of benzene rings is 1. The van der Waals surface area contributed by atoms with E-state index in [1.165, 1.54) is 25.7 Å². The highest BCUT2D eigenvalue weighted by Gasteiger charge is 2.15. The fraction of sp³-hybridized carbons (Fsp3) is 0.500. The van der Waals surface area contributed by atoms with E-state index in [1.54, 1.807) is 14.1 Å². The molecule has 1 fully saturated rings. The highest BCUT2D eigenvalue weighted by atomic mass is 127. The van der Waals surface area contributed by atoms with Crippen molar-refractivity contribution in [2.45, 2.75) is 38.3 Å². The van der Waals surface area contributed by atoms with Crippen LogP contribution in [0.2, 0.25) is 0 Å². The monoisotopic (exact) mass is 416 g/mol. The van der Waals surface area contributed by atoms with Crippen LogP contribution in [0.4, 0.5) is 0 Å². The van der Waals surface area contributed by atoms with Crippen LogP contribution in [0.15, 0.2) is 29.3 Å². The summed E-state index contributed by atoms with van der Waals surface area (Å²) in [7, 11) is 3.42. The molecule has 5 nitrogen and oxygen atoms in total. The minimum Gasteiger partial charge on any atom is -0.355 e. The van der Waals surface area contributed by atoms with Gasteiger partial charge in [0.05, 0.1) is 0 Å². The predicted octanol–water partition coefficient (Wildman–Crippen LogP) is 2.27. The number of guanidine groups is 1. The molecular weight excluding hydrogens is 391 g/mol. The first-order chi connectivity index (χ1) is 10.2. The highest BCUT2D eigenvalue weighted by molar-refractivity contribution is 14.0. The maximum Gasteiger partial charge on any atom is 0.251 e. The molecule has 3 N–H and O–H groups in total. The molecule has 0 unspecified atom stereocenters. The van der Waals surface area contributed by atoms with Crippen molar-refractivity contribution in [1.29, 1.82) is 0 Å². The number of aliphatic imine (C=N–C) groups is 1. The van der Waals surface area contributed by atoms with Crippen molar-refractivity contribution in [3.05, 3.63) is 35.4 Å². The molecule has 1 aromatic carbocycles. The van der Waals surface area contributed by atoms with Crippen LogP contribution in [0.25, 0.3) is 0 Å². The second-order valence-corrected chi connectivity index (χ2v) is 5.33. The van der Waals surface area contributed by atoms with E-state index in [-0.39, 0.29) is 29.9 Å². The summed E-state index contributed by atoms with van der Waals surface area (Å²) in [6.07, 6.45) is 5.02. The zero-order valence-corrected chi connectivity index (χ0v) is 15.5. The Kier molecular flexibility index (Phi) is 8.22. The van der Waals surface area contributed by atoms with Crippen molar-refractivity contribution < 1.29 is 4.79 Å². The van der Waals surface area contributed by atoms with Gasteiger partial charge in [-0.1, -0.05) is 25.0 Å². The van der Waals surface area contributed by atoms with Crippen molar-refractivity contribution in [2.75, 3.05) is 14.1 Å². The van der Waals surface area contributed by atoms with E-state index in [0.717, 1.165) is 11.5 Å². The van der Waals surface area contributed by atoms with Crippen LogP contribution >= 0.6 is 24.0 Å². The zero-order chi connectivity index (χ0) is 15.1. The minimum atomic E-state index is -0.0645. The number of nitrogens with zero attached hydrogens (tertiary/aromatic N) is 1. The molecule has 0 saturated heterocycles. The summed E-state index contributed by atoms with van der Waals surface area (Å²) in [4.78, 5) is 15.9. The minimum absolute atomic E-state index is 0. The average molecular weight is 416 g/mol. The van der Waals surface area contributed by atoms with E-state index in [9.17, 15) is 4.79 Å². The molecule has 122 valence electrons. The number of amides is 1. The maximum atomic E-state index is 11.6. The van der Waals surface area contributed by atoms with Crippen LogP contribution in [0.3, 0.4) is 0 Å². The van der Waals surface area contributed by atoms with Gasteiger partial charge in [0.15, 0.2) is 5.96 Å². The molecule has 6 heteroatoms. The smallest absolute Gasteiger partial charge is 0.251 e. The average Bonchev–Trinajstić information content (AvgIpc) is 3.03. The normalized spacial score (nSPS) is 15.1. The largest absolute Gasteiger partial charge is 0.355 e. The molecule has 22 heavy (non-hydrogen) atoms. The first-order valence-electron chi connectivity index (χ1n) is 7.51. The van der Waals surface area contributed by atoms with Crippen LogP contribution in [0.1, 0.15) is 41.6 Å². The number of rotatable bonds is 4. The summed E-state index contributed by atoms with van der Waals surface area (Å²) in [5, 5.41) is 9.39. The van der Waals surface area contributed by atoms with Gasteiger partial charge >= 0.3 is 0 Å². The Morgan fingerprint density at radius 3 is 2.68 bits per heavy atom. The lowest BCUT2D eigenvalue weighted by molar-refractivity contribution is 0.0963. The quantitative estimate of drug-likeness (QED) is 0.401. The number of carbonyl (C=O) groups excluding carboxylic acids is 1. The lowest BCUT2D eigenvalue weighted by Gasteiger charge is -2.17. The van der Waals surface area contributed by atoms with E-state index >= 15 is 0 Å². The van der Waals surface area contributed by atoms with E-state index in [1.807, 2.05) is 24.3 Å². The number of carbonyl (C=O) groups is 1. The molecule has 1 amide bonds. The lowest BCUT2D eigenvalue weighted by Crippen LogP contribution is -2.41. The number of nitrogens with one attached hydrogen (secondary N) is 3. The van der Waals surface area contributed by atoms with E-state index in [2.05, 4.69) is 20.9 Å². The van der Waals surface area contributed by atoms with Gasteiger partial charge < -0.3 is 16.0 Å². The fourth-order valence-corrected chi connectivity index (χ4v) is 2.61. The van der Waals surface area contributed by atoms with Gasteiger partial charge in [0, 0.05) is 32.2 Å². The molecule has 2 rings (SSSR count). The molecule has 0 aromatic heterocycles. The molecule has 0 radical (unpaired) electrons. The first kappa shape index (κ1) is 18.7. The summed E-state index contributed by atoms with van der Waals surface area (Å²) in [5.74, 6) is 0.762. The third-order valence-corrected chi connectivity index (χ3v) is 3.80. The highest BCUT2D eigenvalue weighted by Crippen LogP contribution is 2.17. The Bertz CT molecular complexity index is 513. The first-order valence-corrected chi connectivity index (χ1v) is 7.51. The van der Waals surface area contributed by atoms with Gasteiger partial charge in [-0.15, -0.1) is 24.0 Å². The summed E-state index contributed by atoms with van der Waals surface area (Å²) in [6.45, 7) is 0.650. The third-order valence-electron chi connectivity index (χ3n) is 3.80. The van der Waals surface area contributed by atoms with Gasteiger partial charge in [0.2, 0.25) is 0 Å². The molecule has 0 bridgehead atoms. The number of hydrogen-bond donors (Lipinski definition) is 3. The van der Waals surface area contributed by atoms with E-state index in [0.29, 0.717) is 18.2 Å². The molecule has 0 atom stereocenters.